The van der Waals surface area contributed by atoms with Crippen LogP contribution in [-0.4, -0.2) is 21.5 Å². The van der Waals surface area contributed by atoms with Crippen molar-refractivity contribution in [1.29, 1.82) is 0 Å². The topological polar surface area (TPSA) is 59.9 Å². The highest BCUT2D eigenvalue weighted by Gasteiger charge is 2.08. The highest BCUT2D eigenvalue weighted by atomic mass is 79.9. The minimum absolute atomic E-state index is 0.0159. The lowest BCUT2D eigenvalue weighted by molar-refractivity contribution is 0.438. The molecule has 100 valence electrons. The van der Waals surface area contributed by atoms with E-state index in [1.54, 1.807) is 0 Å². The van der Waals surface area contributed by atoms with Gasteiger partial charge in [0.05, 0.1) is 4.47 Å². The van der Waals surface area contributed by atoms with Crippen LogP contribution in [0.4, 0.5) is 10.3 Å². The summed E-state index contributed by atoms with van der Waals surface area (Å²) in [6, 6.07) is 4.24. The van der Waals surface area contributed by atoms with Gasteiger partial charge in [0.2, 0.25) is 11.2 Å². The van der Waals surface area contributed by atoms with Crippen molar-refractivity contribution in [2.24, 2.45) is 0 Å². The Labute approximate surface area is 122 Å². The molecule has 1 heterocycles. The molecule has 5 nitrogen and oxygen atoms in total. The molecule has 2 aromatic rings. The van der Waals surface area contributed by atoms with Crippen molar-refractivity contribution in [3.8, 4) is 11.8 Å². The number of anilines is 1. The molecule has 8 heteroatoms. The van der Waals surface area contributed by atoms with Crippen LogP contribution in [0.1, 0.15) is 6.92 Å². The average Bonchev–Trinajstić information content (AvgIpc) is 2.33. The van der Waals surface area contributed by atoms with Crippen LogP contribution in [0.3, 0.4) is 0 Å². The number of nitrogens with zero attached hydrogens (tertiary/aromatic N) is 3. The number of benzene rings is 1. The summed E-state index contributed by atoms with van der Waals surface area (Å²) < 4.78 is 18.8. The molecule has 0 spiro atoms. The molecule has 1 N–H and O–H groups in total. The van der Waals surface area contributed by atoms with Gasteiger partial charge in [-0.05, 0) is 52.7 Å². The Morgan fingerprint density at radius 3 is 2.84 bits per heavy atom. The Hall–Kier alpha value is -1.47. The van der Waals surface area contributed by atoms with E-state index in [0.717, 1.165) is 0 Å². The summed E-state index contributed by atoms with van der Waals surface area (Å²) in [6.07, 6.45) is 0. The van der Waals surface area contributed by atoms with Crippen LogP contribution in [0.25, 0.3) is 0 Å². The molecule has 0 aliphatic rings. The van der Waals surface area contributed by atoms with Gasteiger partial charge in [-0.15, -0.1) is 0 Å². The van der Waals surface area contributed by atoms with Gasteiger partial charge in [0.25, 0.3) is 0 Å². The molecule has 0 fully saturated rings. The van der Waals surface area contributed by atoms with E-state index in [1.807, 2.05) is 6.92 Å². The fourth-order valence-electron chi connectivity index (χ4n) is 1.26. The third-order valence-electron chi connectivity index (χ3n) is 2.02. The van der Waals surface area contributed by atoms with E-state index in [4.69, 9.17) is 16.3 Å². The van der Waals surface area contributed by atoms with Crippen LogP contribution in [0.15, 0.2) is 22.7 Å². The molecule has 0 unspecified atom stereocenters. The number of halogens is 3. The zero-order valence-corrected chi connectivity index (χ0v) is 12.2. The van der Waals surface area contributed by atoms with Crippen LogP contribution in [0.2, 0.25) is 5.28 Å². The highest BCUT2D eigenvalue weighted by Crippen LogP contribution is 2.25. The predicted octanol–water partition coefficient (Wildman–Crippen LogP) is 3.65. The van der Waals surface area contributed by atoms with E-state index in [2.05, 4.69) is 36.2 Å². The highest BCUT2D eigenvalue weighted by molar-refractivity contribution is 9.10. The first-order valence-corrected chi connectivity index (χ1v) is 6.54. The standard InChI is InChI=1S/C11H9BrClFN4O/c1-2-15-10-16-9(13)17-11(18-10)19-6-3-4-8(14)7(12)5-6/h3-5H,2H2,1H3,(H,15,16,17,18). The molecular formula is C11H9BrClFN4O. The smallest absolute Gasteiger partial charge is 0.328 e. The van der Waals surface area contributed by atoms with Crippen molar-refractivity contribution in [3.05, 3.63) is 33.8 Å². The molecule has 0 saturated heterocycles. The third kappa shape index (κ3) is 3.74. The number of aromatic nitrogens is 3. The van der Waals surface area contributed by atoms with Gasteiger partial charge >= 0.3 is 6.01 Å². The van der Waals surface area contributed by atoms with Gasteiger partial charge in [-0.3, -0.25) is 0 Å². The van der Waals surface area contributed by atoms with E-state index in [1.165, 1.54) is 18.2 Å². The normalized spacial score (nSPS) is 10.3. The monoisotopic (exact) mass is 346 g/mol. The van der Waals surface area contributed by atoms with Gasteiger partial charge in [-0.25, -0.2) is 4.39 Å². The Kier molecular flexibility index (Phi) is 4.49. The van der Waals surface area contributed by atoms with E-state index in [0.29, 0.717) is 18.2 Å². The lowest BCUT2D eigenvalue weighted by atomic mass is 10.3. The quantitative estimate of drug-likeness (QED) is 0.915. The second-order valence-corrected chi connectivity index (χ2v) is 4.61. The molecule has 0 saturated carbocycles. The molecule has 0 amide bonds. The van der Waals surface area contributed by atoms with E-state index < -0.39 is 0 Å². The molecule has 0 bridgehead atoms. The van der Waals surface area contributed by atoms with Gasteiger partial charge in [0.15, 0.2) is 0 Å². The molecule has 0 aliphatic carbocycles. The number of ether oxygens (including phenoxy) is 1. The summed E-state index contributed by atoms with van der Waals surface area (Å²) in [5, 5.41) is 2.91. The first-order chi connectivity index (χ1) is 9.08. The zero-order valence-electron chi connectivity index (χ0n) is 9.82. The molecule has 1 aromatic heterocycles. The van der Waals surface area contributed by atoms with Gasteiger partial charge in [-0.1, -0.05) is 0 Å². The van der Waals surface area contributed by atoms with Gasteiger partial charge in [0.1, 0.15) is 11.6 Å². The Morgan fingerprint density at radius 2 is 2.16 bits per heavy atom. The van der Waals surface area contributed by atoms with Crippen LogP contribution in [0.5, 0.6) is 11.8 Å². The van der Waals surface area contributed by atoms with Crippen LogP contribution in [-0.2, 0) is 0 Å². The number of hydrogen-bond acceptors (Lipinski definition) is 5. The van der Waals surface area contributed by atoms with Crippen molar-refractivity contribution < 1.29 is 9.13 Å². The first kappa shape index (κ1) is 14.0. The minimum Gasteiger partial charge on any atom is -0.424 e. The summed E-state index contributed by atoms with van der Waals surface area (Å²) in [5.74, 6) is 0.325. The summed E-state index contributed by atoms with van der Waals surface area (Å²) >= 11 is 8.82. The maximum absolute atomic E-state index is 13.1. The third-order valence-corrected chi connectivity index (χ3v) is 2.80. The van der Waals surface area contributed by atoms with Crippen molar-refractivity contribution in [1.82, 2.24) is 15.0 Å². The summed E-state index contributed by atoms with van der Waals surface area (Å²) in [4.78, 5) is 11.7. The molecule has 0 aliphatic heterocycles. The Bertz CT molecular complexity index is 599. The largest absolute Gasteiger partial charge is 0.424 e. The van der Waals surface area contributed by atoms with E-state index in [9.17, 15) is 4.39 Å². The molecule has 1 aromatic carbocycles. The Balaban J connectivity index is 2.24. The Morgan fingerprint density at radius 1 is 1.37 bits per heavy atom. The van der Waals surface area contributed by atoms with Gasteiger partial charge in [0, 0.05) is 6.54 Å². The van der Waals surface area contributed by atoms with Crippen LogP contribution >= 0.6 is 27.5 Å². The fourth-order valence-corrected chi connectivity index (χ4v) is 1.77. The molecular weight excluding hydrogens is 339 g/mol. The summed E-state index contributed by atoms with van der Waals surface area (Å²) in [7, 11) is 0. The molecule has 0 atom stereocenters. The van der Waals surface area contributed by atoms with Crippen molar-refractivity contribution in [2.75, 3.05) is 11.9 Å². The number of nitrogens with one attached hydrogen (secondary N) is 1. The SMILES string of the molecule is CCNc1nc(Cl)nc(Oc2ccc(F)c(Br)c2)n1. The van der Waals surface area contributed by atoms with Gasteiger partial charge in [-0.2, -0.15) is 15.0 Å². The van der Waals surface area contributed by atoms with Gasteiger partial charge < -0.3 is 10.1 Å². The maximum Gasteiger partial charge on any atom is 0.328 e. The molecule has 2 rings (SSSR count). The number of rotatable bonds is 4. The van der Waals surface area contributed by atoms with E-state index >= 15 is 0 Å². The summed E-state index contributed by atoms with van der Waals surface area (Å²) in [6.45, 7) is 2.54. The zero-order chi connectivity index (χ0) is 13.8. The second kappa shape index (κ2) is 6.12. The molecule has 19 heavy (non-hydrogen) atoms. The van der Waals surface area contributed by atoms with Crippen molar-refractivity contribution >= 4 is 33.5 Å². The maximum atomic E-state index is 13.1. The fraction of sp³-hybridized carbons (Fsp3) is 0.182. The first-order valence-electron chi connectivity index (χ1n) is 5.37. The lowest BCUT2D eigenvalue weighted by Gasteiger charge is -2.06. The summed E-state index contributed by atoms with van der Waals surface area (Å²) in [5.41, 5.74) is 0. The van der Waals surface area contributed by atoms with Crippen LogP contribution in [0, 0.1) is 5.82 Å². The second-order valence-electron chi connectivity index (χ2n) is 3.42. The lowest BCUT2D eigenvalue weighted by Crippen LogP contribution is -2.04. The average molecular weight is 348 g/mol. The van der Waals surface area contributed by atoms with Crippen molar-refractivity contribution in [3.63, 3.8) is 0 Å². The van der Waals surface area contributed by atoms with Crippen molar-refractivity contribution in [2.45, 2.75) is 6.92 Å². The van der Waals surface area contributed by atoms with E-state index in [-0.39, 0.29) is 21.6 Å². The molecule has 0 radical (unpaired) electrons. The predicted molar refractivity (Wildman–Crippen MR) is 73.2 cm³/mol. The van der Waals surface area contributed by atoms with Crippen LogP contribution < -0.4 is 10.1 Å². The number of hydrogen-bond donors (Lipinski definition) is 1. The minimum atomic E-state index is -0.380.